The van der Waals surface area contributed by atoms with E-state index < -0.39 is 10.0 Å². The fraction of sp³-hybridized carbons (Fsp3) is 0.350. The zero-order valence-corrected chi connectivity index (χ0v) is 16.2. The molecule has 1 aliphatic heterocycles. The molecule has 2 aromatic carbocycles. The normalized spacial score (nSPS) is 14.9. The first-order valence-electron chi connectivity index (χ1n) is 9.02. The Bertz CT molecular complexity index is 888. The van der Waals surface area contributed by atoms with Gasteiger partial charge in [-0.05, 0) is 55.2 Å². The Kier molecular flexibility index (Phi) is 6.13. The molecule has 1 aliphatic rings. The fourth-order valence-corrected chi connectivity index (χ4v) is 4.70. The number of benzene rings is 2. The number of hydrogen-bond acceptors (Lipinski definition) is 4. The summed E-state index contributed by atoms with van der Waals surface area (Å²) in [5.74, 6) is 0.568. The van der Waals surface area contributed by atoms with E-state index in [9.17, 15) is 13.2 Å². The zero-order valence-electron chi connectivity index (χ0n) is 15.3. The molecule has 1 fully saturated rings. The number of nitrogens with one attached hydrogen (secondary N) is 1. The molecule has 3 rings (SSSR count). The first kappa shape index (κ1) is 19.4. The van der Waals surface area contributed by atoms with Gasteiger partial charge in [-0.15, -0.1) is 0 Å². The predicted molar refractivity (Wildman–Crippen MR) is 103 cm³/mol. The van der Waals surface area contributed by atoms with Crippen molar-refractivity contribution >= 4 is 15.9 Å². The summed E-state index contributed by atoms with van der Waals surface area (Å²) in [6, 6.07) is 13.8. The highest BCUT2D eigenvalue weighted by atomic mass is 32.2. The van der Waals surface area contributed by atoms with E-state index in [1.165, 1.54) is 16.4 Å². The van der Waals surface area contributed by atoms with E-state index in [1.54, 1.807) is 19.2 Å². The van der Waals surface area contributed by atoms with E-state index >= 15 is 0 Å². The SMILES string of the molecule is COc1ccccc1CCNC(=O)c1ccc(S(=O)(=O)N2CCCC2)cc1. The third-order valence-corrected chi connectivity index (χ3v) is 6.60. The number of nitrogens with zero attached hydrogens (tertiary/aromatic N) is 1. The Morgan fingerprint density at radius 2 is 1.74 bits per heavy atom. The van der Waals surface area contributed by atoms with Crippen molar-refractivity contribution in [2.24, 2.45) is 0 Å². The van der Waals surface area contributed by atoms with Crippen molar-refractivity contribution in [2.45, 2.75) is 24.2 Å². The van der Waals surface area contributed by atoms with Crippen LogP contribution in [0.2, 0.25) is 0 Å². The van der Waals surface area contributed by atoms with Gasteiger partial charge in [-0.25, -0.2) is 8.42 Å². The second kappa shape index (κ2) is 8.54. The standard InChI is InChI=1S/C20H24N2O4S/c1-26-19-7-3-2-6-16(19)12-13-21-20(23)17-8-10-18(11-9-17)27(24,25)22-14-4-5-15-22/h2-3,6-11H,4-5,12-15H2,1H3,(H,21,23). The summed E-state index contributed by atoms with van der Waals surface area (Å²) in [6.07, 6.45) is 2.44. The minimum atomic E-state index is -3.45. The number of hydrogen-bond donors (Lipinski definition) is 1. The largest absolute Gasteiger partial charge is 0.496 e. The van der Waals surface area contributed by atoms with Gasteiger partial charge in [0.05, 0.1) is 12.0 Å². The second-order valence-electron chi connectivity index (χ2n) is 6.45. The van der Waals surface area contributed by atoms with Crippen molar-refractivity contribution < 1.29 is 17.9 Å². The van der Waals surface area contributed by atoms with Gasteiger partial charge in [0.15, 0.2) is 0 Å². The number of carbonyl (C=O) groups is 1. The average Bonchev–Trinajstić information content (AvgIpc) is 3.24. The third-order valence-electron chi connectivity index (χ3n) is 4.69. The molecule has 0 bridgehead atoms. The summed E-state index contributed by atoms with van der Waals surface area (Å²) in [5, 5.41) is 2.86. The first-order chi connectivity index (χ1) is 13.0. The lowest BCUT2D eigenvalue weighted by molar-refractivity contribution is 0.0954. The molecule has 7 heteroatoms. The topological polar surface area (TPSA) is 75.7 Å². The Hall–Kier alpha value is -2.38. The molecule has 0 unspecified atom stereocenters. The van der Waals surface area contributed by atoms with E-state index in [-0.39, 0.29) is 10.8 Å². The van der Waals surface area contributed by atoms with Crippen LogP contribution >= 0.6 is 0 Å². The number of carbonyl (C=O) groups excluding carboxylic acids is 1. The van der Waals surface area contributed by atoms with Crippen LogP contribution in [0.1, 0.15) is 28.8 Å². The van der Waals surface area contributed by atoms with Gasteiger partial charge in [0, 0.05) is 25.2 Å². The van der Waals surface area contributed by atoms with Crippen LogP contribution in [-0.4, -0.2) is 45.4 Å². The van der Waals surface area contributed by atoms with Gasteiger partial charge in [0.2, 0.25) is 10.0 Å². The molecular weight excluding hydrogens is 364 g/mol. The van der Waals surface area contributed by atoms with Crippen LogP contribution in [0.4, 0.5) is 0 Å². The highest BCUT2D eigenvalue weighted by molar-refractivity contribution is 7.89. The lowest BCUT2D eigenvalue weighted by Crippen LogP contribution is -2.28. The zero-order chi connectivity index (χ0) is 19.3. The number of sulfonamides is 1. The van der Waals surface area contributed by atoms with Crippen molar-refractivity contribution in [3.8, 4) is 5.75 Å². The quantitative estimate of drug-likeness (QED) is 0.791. The molecule has 0 spiro atoms. The smallest absolute Gasteiger partial charge is 0.251 e. The van der Waals surface area contributed by atoms with Crippen molar-refractivity contribution in [2.75, 3.05) is 26.7 Å². The molecule has 0 atom stereocenters. The van der Waals surface area contributed by atoms with Gasteiger partial charge in [-0.2, -0.15) is 4.31 Å². The molecule has 0 radical (unpaired) electrons. The maximum Gasteiger partial charge on any atom is 0.251 e. The molecule has 1 heterocycles. The maximum atomic E-state index is 12.5. The van der Waals surface area contributed by atoms with Crippen molar-refractivity contribution in [1.29, 1.82) is 0 Å². The van der Waals surface area contributed by atoms with Crippen LogP contribution in [0.25, 0.3) is 0 Å². The molecule has 2 aromatic rings. The summed E-state index contributed by atoms with van der Waals surface area (Å²) in [5.41, 5.74) is 1.46. The maximum absolute atomic E-state index is 12.5. The Morgan fingerprint density at radius 1 is 1.07 bits per heavy atom. The van der Waals surface area contributed by atoms with Crippen LogP contribution in [-0.2, 0) is 16.4 Å². The van der Waals surface area contributed by atoms with Gasteiger partial charge in [-0.3, -0.25) is 4.79 Å². The van der Waals surface area contributed by atoms with E-state index in [0.717, 1.165) is 24.2 Å². The molecule has 0 saturated carbocycles. The van der Waals surface area contributed by atoms with Gasteiger partial charge in [0.1, 0.15) is 5.75 Å². The molecular formula is C20H24N2O4S. The average molecular weight is 388 g/mol. The lowest BCUT2D eigenvalue weighted by Gasteiger charge is -2.15. The molecule has 1 N–H and O–H groups in total. The number of methoxy groups -OCH3 is 1. The number of amides is 1. The van der Waals surface area contributed by atoms with Gasteiger partial charge >= 0.3 is 0 Å². The number of para-hydroxylation sites is 1. The summed E-state index contributed by atoms with van der Waals surface area (Å²) in [4.78, 5) is 12.5. The summed E-state index contributed by atoms with van der Waals surface area (Å²) in [7, 11) is -1.83. The van der Waals surface area contributed by atoms with E-state index in [0.29, 0.717) is 31.6 Å². The molecule has 0 aromatic heterocycles. The molecule has 6 nitrogen and oxygen atoms in total. The van der Waals surface area contributed by atoms with Crippen molar-refractivity contribution in [3.63, 3.8) is 0 Å². The van der Waals surface area contributed by atoms with Crippen LogP contribution in [0.15, 0.2) is 53.4 Å². The third kappa shape index (κ3) is 4.48. The highest BCUT2D eigenvalue weighted by Crippen LogP contribution is 2.21. The molecule has 144 valence electrons. The minimum Gasteiger partial charge on any atom is -0.496 e. The Labute approximate surface area is 160 Å². The van der Waals surface area contributed by atoms with E-state index in [2.05, 4.69) is 5.32 Å². The van der Waals surface area contributed by atoms with Crippen LogP contribution in [0.3, 0.4) is 0 Å². The number of ether oxygens (including phenoxy) is 1. The van der Waals surface area contributed by atoms with Crippen molar-refractivity contribution in [1.82, 2.24) is 9.62 Å². The van der Waals surface area contributed by atoms with Crippen LogP contribution in [0.5, 0.6) is 5.75 Å². The Morgan fingerprint density at radius 3 is 2.41 bits per heavy atom. The van der Waals surface area contributed by atoms with Gasteiger partial charge in [0.25, 0.3) is 5.91 Å². The lowest BCUT2D eigenvalue weighted by atomic mass is 10.1. The predicted octanol–water partition coefficient (Wildman–Crippen LogP) is 2.45. The summed E-state index contributed by atoms with van der Waals surface area (Å²) < 4.78 is 31.8. The monoisotopic (exact) mass is 388 g/mol. The van der Waals surface area contributed by atoms with Crippen molar-refractivity contribution in [3.05, 3.63) is 59.7 Å². The first-order valence-corrected chi connectivity index (χ1v) is 10.5. The number of rotatable bonds is 7. The fourth-order valence-electron chi connectivity index (χ4n) is 3.18. The summed E-state index contributed by atoms with van der Waals surface area (Å²) >= 11 is 0. The Balaban J connectivity index is 1.59. The highest BCUT2D eigenvalue weighted by Gasteiger charge is 2.27. The second-order valence-corrected chi connectivity index (χ2v) is 8.39. The van der Waals surface area contributed by atoms with Crippen LogP contribution < -0.4 is 10.1 Å². The molecule has 0 aliphatic carbocycles. The summed E-state index contributed by atoms with van der Waals surface area (Å²) in [6.45, 7) is 1.59. The van der Waals surface area contributed by atoms with E-state index in [1.807, 2.05) is 24.3 Å². The van der Waals surface area contributed by atoms with E-state index in [4.69, 9.17) is 4.74 Å². The minimum absolute atomic E-state index is 0.227. The van der Waals surface area contributed by atoms with Crippen LogP contribution in [0, 0.1) is 0 Å². The molecule has 27 heavy (non-hydrogen) atoms. The molecule has 1 amide bonds. The van der Waals surface area contributed by atoms with Gasteiger partial charge < -0.3 is 10.1 Å². The molecule has 1 saturated heterocycles. The van der Waals surface area contributed by atoms with Gasteiger partial charge in [-0.1, -0.05) is 18.2 Å².